The lowest BCUT2D eigenvalue weighted by Crippen LogP contribution is -2.18. The summed E-state index contributed by atoms with van der Waals surface area (Å²) in [6.45, 7) is 7.31. The topological polar surface area (TPSA) is 12.0 Å². The maximum Gasteiger partial charge on any atom is 0.0354 e. The van der Waals surface area contributed by atoms with Gasteiger partial charge in [-0.1, -0.05) is 50.3 Å². The van der Waals surface area contributed by atoms with Crippen LogP contribution in [0, 0.1) is 5.92 Å². The van der Waals surface area contributed by atoms with Crippen LogP contribution in [0.3, 0.4) is 0 Å². The molecule has 0 radical (unpaired) electrons. The molecule has 0 unspecified atom stereocenters. The molecule has 1 aliphatic rings. The average Bonchev–Trinajstić information content (AvgIpc) is 2.76. The highest BCUT2D eigenvalue weighted by molar-refractivity contribution is 5.53. The minimum Gasteiger partial charge on any atom is -0.310 e. The molecule has 2 rings (SSSR count). The second-order valence-electron chi connectivity index (χ2n) is 4.22. The van der Waals surface area contributed by atoms with E-state index in [4.69, 9.17) is 0 Å². The number of rotatable bonds is 3. The second-order valence-corrected chi connectivity index (χ2v) is 4.22. The van der Waals surface area contributed by atoms with Crippen LogP contribution in [-0.4, -0.2) is 6.54 Å². The molecule has 0 saturated carbocycles. The standard InChI is InChI=1S/C14H19N/c1-3-11-7-5-6-8-13(11)14-12(4-2)9-10-15-14/h3,5-8,12,14-15H,1,4,9-10H2,2H3/t12-,14+/m1/s1. The van der Waals surface area contributed by atoms with Gasteiger partial charge in [0.15, 0.2) is 0 Å². The first-order valence-electron chi connectivity index (χ1n) is 5.81. The maximum absolute atomic E-state index is 3.89. The molecule has 1 heteroatoms. The van der Waals surface area contributed by atoms with Gasteiger partial charge in [-0.3, -0.25) is 0 Å². The third kappa shape index (κ3) is 1.98. The summed E-state index contributed by atoms with van der Waals surface area (Å²) in [6, 6.07) is 9.10. The Hall–Kier alpha value is -1.08. The first-order valence-corrected chi connectivity index (χ1v) is 5.81. The van der Waals surface area contributed by atoms with Gasteiger partial charge in [0.1, 0.15) is 0 Å². The van der Waals surface area contributed by atoms with Crippen molar-refractivity contribution < 1.29 is 0 Å². The Bertz CT molecular complexity index is 343. The Morgan fingerprint density at radius 1 is 1.47 bits per heavy atom. The second kappa shape index (κ2) is 4.63. The van der Waals surface area contributed by atoms with Crippen molar-refractivity contribution in [3.05, 3.63) is 42.0 Å². The van der Waals surface area contributed by atoms with Gasteiger partial charge in [-0.15, -0.1) is 0 Å². The van der Waals surface area contributed by atoms with Gasteiger partial charge in [-0.05, 0) is 30.0 Å². The Kier molecular flexibility index (Phi) is 3.22. The summed E-state index contributed by atoms with van der Waals surface area (Å²) in [5.41, 5.74) is 2.69. The van der Waals surface area contributed by atoms with E-state index in [1.165, 1.54) is 24.0 Å². The third-order valence-corrected chi connectivity index (χ3v) is 3.43. The fourth-order valence-electron chi connectivity index (χ4n) is 2.54. The third-order valence-electron chi connectivity index (χ3n) is 3.43. The molecular formula is C14H19N. The van der Waals surface area contributed by atoms with Crippen LogP contribution in [0.25, 0.3) is 6.08 Å². The highest BCUT2D eigenvalue weighted by Gasteiger charge is 2.27. The molecule has 1 aromatic rings. The van der Waals surface area contributed by atoms with Crippen LogP contribution in [0.15, 0.2) is 30.8 Å². The summed E-state index contributed by atoms with van der Waals surface area (Å²) >= 11 is 0. The Balaban J connectivity index is 2.31. The van der Waals surface area contributed by atoms with Crippen molar-refractivity contribution in [3.8, 4) is 0 Å². The van der Waals surface area contributed by atoms with Gasteiger partial charge < -0.3 is 5.32 Å². The Morgan fingerprint density at radius 2 is 2.27 bits per heavy atom. The lowest BCUT2D eigenvalue weighted by atomic mass is 9.89. The Labute approximate surface area is 92.2 Å². The molecule has 1 saturated heterocycles. The van der Waals surface area contributed by atoms with Gasteiger partial charge in [0.2, 0.25) is 0 Å². The molecular weight excluding hydrogens is 182 g/mol. The van der Waals surface area contributed by atoms with Crippen molar-refractivity contribution in [3.63, 3.8) is 0 Å². The predicted octanol–water partition coefficient (Wildman–Crippen LogP) is 3.39. The van der Waals surface area contributed by atoms with Crippen LogP contribution in [-0.2, 0) is 0 Å². The minimum absolute atomic E-state index is 0.532. The predicted molar refractivity (Wildman–Crippen MR) is 65.7 cm³/mol. The number of benzene rings is 1. The van der Waals surface area contributed by atoms with E-state index < -0.39 is 0 Å². The number of hydrogen-bond donors (Lipinski definition) is 1. The van der Waals surface area contributed by atoms with Crippen LogP contribution in [0.2, 0.25) is 0 Å². The zero-order valence-corrected chi connectivity index (χ0v) is 9.37. The van der Waals surface area contributed by atoms with E-state index in [1.54, 1.807) is 0 Å². The van der Waals surface area contributed by atoms with Crippen molar-refractivity contribution in [2.45, 2.75) is 25.8 Å². The summed E-state index contributed by atoms with van der Waals surface area (Å²) < 4.78 is 0. The smallest absolute Gasteiger partial charge is 0.0354 e. The Morgan fingerprint density at radius 3 is 3.00 bits per heavy atom. The lowest BCUT2D eigenvalue weighted by molar-refractivity contribution is 0.449. The molecule has 1 N–H and O–H groups in total. The van der Waals surface area contributed by atoms with Crippen molar-refractivity contribution in [1.29, 1.82) is 0 Å². The molecule has 1 fully saturated rings. The molecule has 1 nitrogen and oxygen atoms in total. The molecule has 1 aliphatic heterocycles. The van der Waals surface area contributed by atoms with E-state index in [9.17, 15) is 0 Å². The molecule has 0 spiro atoms. The van der Waals surface area contributed by atoms with Gasteiger partial charge in [-0.2, -0.15) is 0 Å². The molecule has 80 valence electrons. The van der Waals surface area contributed by atoms with Crippen molar-refractivity contribution >= 4 is 6.08 Å². The normalized spacial score (nSPS) is 25.4. The zero-order valence-electron chi connectivity index (χ0n) is 9.37. The first kappa shape index (κ1) is 10.4. The molecule has 15 heavy (non-hydrogen) atoms. The first-order chi connectivity index (χ1) is 7.36. The van der Waals surface area contributed by atoms with Crippen molar-refractivity contribution in [1.82, 2.24) is 5.32 Å². The van der Waals surface area contributed by atoms with Crippen molar-refractivity contribution in [2.75, 3.05) is 6.54 Å². The van der Waals surface area contributed by atoms with E-state index in [0.717, 1.165) is 12.5 Å². The van der Waals surface area contributed by atoms with Gasteiger partial charge in [-0.25, -0.2) is 0 Å². The molecule has 0 aromatic heterocycles. The van der Waals surface area contributed by atoms with Crippen LogP contribution in [0.1, 0.15) is 36.9 Å². The fourth-order valence-corrected chi connectivity index (χ4v) is 2.54. The fraction of sp³-hybridized carbons (Fsp3) is 0.429. The summed E-state index contributed by atoms with van der Waals surface area (Å²) in [7, 11) is 0. The van der Waals surface area contributed by atoms with Gasteiger partial charge in [0.05, 0.1) is 0 Å². The summed E-state index contributed by atoms with van der Waals surface area (Å²) in [5.74, 6) is 0.783. The van der Waals surface area contributed by atoms with E-state index in [0.29, 0.717) is 6.04 Å². The summed E-state index contributed by atoms with van der Waals surface area (Å²) in [4.78, 5) is 0. The van der Waals surface area contributed by atoms with E-state index in [2.05, 4.69) is 43.1 Å². The highest BCUT2D eigenvalue weighted by Crippen LogP contribution is 2.33. The van der Waals surface area contributed by atoms with Crippen LogP contribution < -0.4 is 5.32 Å². The van der Waals surface area contributed by atoms with Crippen LogP contribution >= 0.6 is 0 Å². The largest absolute Gasteiger partial charge is 0.310 e. The van der Waals surface area contributed by atoms with Crippen molar-refractivity contribution in [2.24, 2.45) is 5.92 Å². The molecule has 2 atom stereocenters. The van der Waals surface area contributed by atoms with E-state index in [1.807, 2.05) is 6.08 Å². The molecule has 0 aliphatic carbocycles. The summed E-state index contributed by atoms with van der Waals surface area (Å²) in [6.07, 6.45) is 4.51. The monoisotopic (exact) mass is 201 g/mol. The molecule has 1 heterocycles. The lowest BCUT2D eigenvalue weighted by Gasteiger charge is -2.20. The quantitative estimate of drug-likeness (QED) is 0.790. The summed E-state index contributed by atoms with van der Waals surface area (Å²) in [5, 5.41) is 3.60. The zero-order chi connectivity index (χ0) is 10.7. The SMILES string of the molecule is C=Cc1ccccc1[C@H]1NCC[C@H]1CC. The van der Waals surface area contributed by atoms with Crippen LogP contribution in [0.5, 0.6) is 0 Å². The molecule has 0 bridgehead atoms. The highest BCUT2D eigenvalue weighted by atomic mass is 15.0. The van der Waals surface area contributed by atoms with Crippen LogP contribution in [0.4, 0.5) is 0 Å². The van der Waals surface area contributed by atoms with Gasteiger partial charge >= 0.3 is 0 Å². The molecule has 0 amide bonds. The minimum atomic E-state index is 0.532. The molecule has 1 aromatic carbocycles. The van der Waals surface area contributed by atoms with Gasteiger partial charge in [0.25, 0.3) is 0 Å². The van der Waals surface area contributed by atoms with E-state index >= 15 is 0 Å². The van der Waals surface area contributed by atoms with Gasteiger partial charge in [0, 0.05) is 6.04 Å². The number of nitrogens with one attached hydrogen (secondary N) is 1. The average molecular weight is 201 g/mol. The number of hydrogen-bond acceptors (Lipinski definition) is 1. The van der Waals surface area contributed by atoms with E-state index in [-0.39, 0.29) is 0 Å². The maximum atomic E-state index is 3.89.